The van der Waals surface area contributed by atoms with Crippen LogP contribution in [0.5, 0.6) is 0 Å². The monoisotopic (exact) mass is 309 g/mol. The maximum atomic E-state index is 12.1. The number of fused-ring (bicyclic) bond motifs is 1. The summed E-state index contributed by atoms with van der Waals surface area (Å²) in [7, 11) is 0. The van der Waals surface area contributed by atoms with Crippen LogP contribution in [-0.4, -0.2) is 6.03 Å². The van der Waals surface area contributed by atoms with E-state index in [0.29, 0.717) is 5.69 Å². The smallest absolute Gasteiger partial charge is 0.319 e. The van der Waals surface area contributed by atoms with Crippen molar-refractivity contribution in [3.63, 3.8) is 0 Å². The van der Waals surface area contributed by atoms with E-state index >= 15 is 0 Å². The molecule has 1 unspecified atom stereocenters. The van der Waals surface area contributed by atoms with Gasteiger partial charge in [-0.2, -0.15) is 0 Å². The molecule has 1 aliphatic rings. The fraction of sp³-hybridized carbons (Fsp3) is 0.316. The largest absolute Gasteiger partial charge is 0.399 e. The van der Waals surface area contributed by atoms with E-state index < -0.39 is 0 Å². The molecule has 4 N–H and O–H groups in total. The number of nitrogens with two attached hydrogens (primary N) is 1. The summed E-state index contributed by atoms with van der Waals surface area (Å²) in [4.78, 5) is 12.1. The number of amides is 2. The molecule has 23 heavy (non-hydrogen) atoms. The van der Waals surface area contributed by atoms with Gasteiger partial charge in [-0.15, -0.1) is 0 Å². The Morgan fingerprint density at radius 1 is 1.04 bits per heavy atom. The summed E-state index contributed by atoms with van der Waals surface area (Å²) >= 11 is 0. The lowest BCUT2D eigenvalue weighted by molar-refractivity contribution is 0.249. The molecule has 0 aromatic heterocycles. The van der Waals surface area contributed by atoms with E-state index in [1.54, 1.807) is 24.3 Å². The Balaban J connectivity index is 1.63. The summed E-state index contributed by atoms with van der Waals surface area (Å²) in [6.45, 7) is 2.01. The number of carbonyl (C=O) groups is 1. The van der Waals surface area contributed by atoms with Gasteiger partial charge >= 0.3 is 6.03 Å². The third-order valence-corrected chi connectivity index (χ3v) is 4.39. The predicted octanol–water partition coefficient (Wildman–Crippen LogP) is 4.03. The number of hydrogen-bond acceptors (Lipinski definition) is 2. The highest BCUT2D eigenvalue weighted by atomic mass is 16.2. The van der Waals surface area contributed by atoms with Crippen LogP contribution in [0, 0.1) is 0 Å². The first kappa shape index (κ1) is 15.4. The molecule has 0 saturated heterocycles. The van der Waals surface area contributed by atoms with Crippen molar-refractivity contribution in [1.82, 2.24) is 5.32 Å². The molecule has 1 aliphatic carbocycles. The second-order valence-electron chi connectivity index (χ2n) is 6.18. The topological polar surface area (TPSA) is 67.2 Å². The summed E-state index contributed by atoms with van der Waals surface area (Å²) in [5.41, 5.74) is 11.1. The molecule has 120 valence electrons. The number of rotatable bonds is 3. The molecule has 2 aromatic carbocycles. The van der Waals surface area contributed by atoms with Crippen molar-refractivity contribution >= 4 is 17.4 Å². The van der Waals surface area contributed by atoms with Gasteiger partial charge in [0.05, 0.1) is 6.04 Å². The first-order chi connectivity index (χ1) is 11.1. The number of nitrogen functional groups attached to an aromatic ring is 1. The fourth-order valence-corrected chi connectivity index (χ4v) is 3.04. The minimum Gasteiger partial charge on any atom is -0.399 e. The van der Waals surface area contributed by atoms with Gasteiger partial charge in [-0.25, -0.2) is 4.79 Å². The van der Waals surface area contributed by atoms with Crippen LogP contribution in [0.15, 0.2) is 42.5 Å². The maximum absolute atomic E-state index is 12.1. The van der Waals surface area contributed by atoms with Gasteiger partial charge in [0.2, 0.25) is 0 Å². The zero-order chi connectivity index (χ0) is 16.2. The summed E-state index contributed by atoms with van der Waals surface area (Å²) in [5.74, 6) is 0. The molecule has 3 rings (SSSR count). The number of nitrogens with one attached hydrogen (secondary N) is 2. The van der Waals surface area contributed by atoms with E-state index in [2.05, 4.69) is 28.8 Å². The highest BCUT2D eigenvalue weighted by molar-refractivity contribution is 5.89. The normalized spacial score (nSPS) is 14.7. The van der Waals surface area contributed by atoms with Crippen molar-refractivity contribution in [2.45, 2.75) is 38.6 Å². The van der Waals surface area contributed by atoms with Crippen molar-refractivity contribution in [2.24, 2.45) is 0 Å². The molecule has 0 saturated carbocycles. The molecule has 0 bridgehead atoms. The minimum absolute atomic E-state index is 0.0315. The van der Waals surface area contributed by atoms with Gasteiger partial charge in [-0.05, 0) is 73.6 Å². The maximum Gasteiger partial charge on any atom is 0.319 e. The number of urea groups is 1. The molecular formula is C19H23N3O. The molecule has 0 aliphatic heterocycles. The van der Waals surface area contributed by atoms with E-state index in [9.17, 15) is 4.79 Å². The molecule has 4 nitrogen and oxygen atoms in total. The van der Waals surface area contributed by atoms with Crippen molar-refractivity contribution in [3.8, 4) is 0 Å². The zero-order valence-corrected chi connectivity index (χ0v) is 13.4. The number of hydrogen-bond donors (Lipinski definition) is 3. The molecule has 0 heterocycles. The van der Waals surface area contributed by atoms with E-state index in [1.807, 2.05) is 6.92 Å². The molecule has 1 atom stereocenters. The summed E-state index contributed by atoms with van der Waals surface area (Å²) in [6, 6.07) is 13.4. The van der Waals surface area contributed by atoms with Crippen LogP contribution in [0.25, 0.3) is 0 Å². The SMILES string of the molecule is CC(NC(=O)Nc1ccc(N)cc1)c1ccc2c(c1)CCCC2. The molecule has 0 radical (unpaired) electrons. The van der Waals surface area contributed by atoms with E-state index in [0.717, 1.165) is 17.7 Å². The van der Waals surface area contributed by atoms with E-state index in [1.165, 1.54) is 30.4 Å². The van der Waals surface area contributed by atoms with Crippen LogP contribution in [0.1, 0.15) is 42.5 Å². The van der Waals surface area contributed by atoms with Gasteiger partial charge in [0.1, 0.15) is 0 Å². The Labute approximate surface area is 137 Å². The number of carbonyl (C=O) groups excluding carboxylic acids is 1. The summed E-state index contributed by atoms with van der Waals surface area (Å²) in [6.07, 6.45) is 4.86. The third kappa shape index (κ3) is 3.83. The van der Waals surface area contributed by atoms with Crippen LogP contribution in [-0.2, 0) is 12.8 Å². The molecule has 2 amide bonds. The highest BCUT2D eigenvalue weighted by Crippen LogP contribution is 2.24. The van der Waals surface area contributed by atoms with Gasteiger partial charge in [-0.1, -0.05) is 18.2 Å². The summed E-state index contributed by atoms with van der Waals surface area (Å²) < 4.78 is 0. The molecule has 4 heteroatoms. The molecular weight excluding hydrogens is 286 g/mol. The first-order valence-corrected chi connectivity index (χ1v) is 8.16. The van der Waals surface area contributed by atoms with Crippen molar-refractivity contribution in [2.75, 3.05) is 11.1 Å². The predicted molar refractivity (Wildman–Crippen MR) is 94.5 cm³/mol. The summed E-state index contributed by atoms with van der Waals surface area (Å²) in [5, 5.41) is 5.81. The zero-order valence-electron chi connectivity index (χ0n) is 13.4. The van der Waals surface area contributed by atoms with Gasteiger partial charge in [0, 0.05) is 11.4 Å². The minimum atomic E-state index is -0.208. The number of anilines is 2. The third-order valence-electron chi connectivity index (χ3n) is 4.39. The Morgan fingerprint density at radius 2 is 1.74 bits per heavy atom. The van der Waals surface area contributed by atoms with Crippen LogP contribution in [0.3, 0.4) is 0 Å². The van der Waals surface area contributed by atoms with Gasteiger partial charge in [-0.3, -0.25) is 0 Å². The van der Waals surface area contributed by atoms with Crippen LogP contribution in [0.4, 0.5) is 16.2 Å². The molecule has 0 spiro atoms. The Kier molecular flexibility index (Phi) is 4.51. The lowest BCUT2D eigenvalue weighted by Crippen LogP contribution is -2.31. The van der Waals surface area contributed by atoms with Gasteiger partial charge < -0.3 is 16.4 Å². The van der Waals surface area contributed by atoms with E-state index in [4.69, 9.17) is 5.73 Å². The standard InChI is InChI=1S/C19H23N3O/c1-13(15-7-6-14-4-2-3-5-16(14)12-15)21-19(23)22-18-10-8-17(20)9-11-18/h6-13H,2-5,20H2,1H3,(H2,21,22,23). The lowest BCUT2D eigenvalue weighted by Gasteiger charge is -2.20. The number of benzene rings is 2. The Morgan fingerprint density at radius 3 is 2.48 bits per heavy atom. The van der Waals surface area contributed by atoms with Crippen molar-refractivity contribution in [3.05, 3.63) is 59.2 Å². The fourth-order valence-electron chi connectivity index (χ4n) is 3.04. The average Bonchev–Trinajstić information content (AvgIpc) is 2.56. The second kappa shape index (κ2) is 6.73. The quantitative estimate of drug-likeness (QED) is 0.749. The van der Waals surface area contributed by atoms with Crippen molar-refractivity contribution in [1.29, 1.82) is 0 Å². The molecule has 0 fully saturated rings. The second-order valence-corrected chi connectivity index (χ2v) is 6.18. The van der Waals surface area contributed by atoms with Crippen LogP contribution in [0.2, 0.25) is 0 Å². The van der Waals surface area contributed by atoms with Gasteiger partial charge in [0.15, 0.2) is 0 Å². The Hall–Kier alpha value is -2.49. The van der Waals surface area contributed by atoms with Gasteiger partial charge in [0.25, 0.3) is 0 Å². The number of aryl methyl sites for hydroxylation is 2. The van der Waals surface area contributed by atoms with Crippen LogP contribution >= 0.6 is 0 Å². The highest BCUT2D eigenvalue weighted by Gasteiger charge is 2.14. The van der Waals surface area contributed by atoms with Crippen LogP contribution < -0.4 is 16.4 Å². The average molecular weight is 309 g/mol. The van der Waals surface area contributed by atoms with Crippen molar-refractivity contribution < 1.29 is 4.79 Å². The molecule has 2 aromatic rings. The van der Waals surface area contributed by atoms with E-state index in [-0.39, 0.29) is 12.1 Å². The Bertz CT molecular complexity index is 694. The first-order valence-electron chi connectivity index (χ1n) is 8.16. The lowest BCUT2D eigenvalue weighted by atomic mass is 9.89.